The third-order valence-electron chi connectivity index (χ3n) is 4.02. The van der Waals surface area contributed by atoms with Crippen LogP contribution in [-0.4, -0.2) is 43.0 Å². The number of hydrogen-bond acceptors (Lipinski definition) is 3. The van der Waals surface area contributed by atoms with Crippen LogP contribution in [0, 0.1) is 0 Å². The Balaban J connectivity index is 1.86. The molecule has 5 nitrogen and oxygen atoms in total. The van der Waals surface area contributed by atoms with Gasteiger partial charge in [0.1, 0.15) is 5.75 Å². The van der Waals surface area contributed by atoms with Crippen LogP contribution in [0.15, 0.2) is 48.5 Å². The Morgan fingerprint density at radius 1 is 1.04 bits per heavy atom. The van der Waals surface area contributed by atoms with Gasteiger partial charge in [-0.1, -0.05) is 23.7 Å². The Bertz CT molecular complexity index is 784. The summed E-state index contributed by atoms with van der Waals surface area (Å²) in [5.74, 6) is 0.399. The number of rotatable bonds is 7. The number of amides is 2. The Hall–Kier alpha value is -2.53. The lowest BCUT2D eigenvalue weighted by Gasteiger charge is -2.28. The topological polar surface area (TPSA) is 58.6 Å². The van der Waals surface area contributed by atoms with Gasteiger partial charge in [0, 0.05) is 31.2 Å². The molecule has 2 aromatic rings. The highest BCUT2D eigenvalue weighted by Gasteiger charge is 2.31. The van der Waals surface area contributed by atoms with Crippen molar-refractivity contribution in [3.8, 4) is 5.75 Å². The number of hydrogen-bond donors (Lipinski definition) is 1. The Labute approximate surface area is 165 Å². The van der Waals surface area contributed by atoms with Crippen molar-refractivity contribution in [2.75, 3.05) is 20.6 Å². The molecule has 2 rings (SSSR count). The molecule has 0 heterocycles. The van der Waals surface area contributed by atoms with Crippen molar-refractivity contribution in [2.45, 2.75) is 25.9 Å². The molecule has 144 valence electrons. The van der Waals surface area contributed by atoms with Gasteiger partial charge in [0.15, 0.2) is 5.60 Å². The minimum Gasteiger partial charge on any atom is -0.478 e. The van der Waals surface area contributed by atoms with Crippen molar-refractivity contribution in [3.05, 3.63) is 64.7 Å². The molecule has 27 heavy (non-hydrogen) atoms. The van der Waals surface area contributed by atoms with E-state index in [2.05, 4.69) is 5.32 Å². The minimum atomic E-state index is -0.933. The van der Waals surface area contributed by atoms with E-state index in [4.69, 9.17) is 16.3 Å². The maximum Gasteiger partial charge on any atom is 0.265 e. The van der Waals surface area contributed by atoms with Gasteiger partial charge >= 0.3 is 0 Å². The van der Waals surface area contributed by atoms with Gasteiger partial charge < -0.3 is 15.0 Å². The first kappa shape index (κ1) is 20.8. The molecule has 0 aliphatic carbocycles. The first-order valence-corrected chi connectivity index (χ1v) is 9.10. The van der Waals surface area contributed by atoms with E-state index in [9.17, 15) is 9.59 Å². The summed E-state index contributed by atoms with van der Waals surface area (Å²) in [4.78, 5) is 25.7. The van der Waals surface area contributed by atoms with Gasteiger partial charge in [0.25, 0.3) is 11.8 Å². The van der Waals surface area contributed by atoms with E-state index < -0.39 is 5.60 Å². The van der Waals surface area contributed by atoms with E-state index >= 15 is 0 Å². The fraction of sp³-hybridized carbons (Fsp3) is 0.333. The molecule has 0 fully saturated rings. The Kier molecular flexibility index (Phi) is 6.86. The molecule has 0 aliphatic heterocycles. The first-order valence-electron chi connectivity index (χ1n) is 8.72. The summed E-state index contributed by atoms with van der Waals surface area (Å²) in [6.07, 6.45) is 0.694. The van der Waals surface area contributed by atoms with Crippen molar-refractivity contribution in [2.24, 2.45) is 0 Å². The van der Waals surface area contributed by atoms with Gasteiger partial charge in [-0.25, -0.2) is 0 Å². The molecule has 2 aromatic carbocycles. The molecule has 0 spiro atoms. The predicted octanol–water partition coefficient (Wildman–Crippen LogP) is 3.56. The summed E-state index contributed by atoms with van der Waals surface area (Å²) in [7, 11) is 3.41. The summed E-state index contributed by atoms with van der Waals surface area (Å²) < 4.78 is 5.82. The number of likely N-dealkylation sites (N-methyl/N-ethyl adjacent to an activating group) is 1. The summed E-state index contributed by atoms with van der Waals surface area (Å²) in [5, 5.41) is 3.48. The molecular formula is C21H25ClN2O3. The molecule has 2 amide bonds. The highest BCUT2D eigenvalue weighted by molar-refractivity contribution is 6.30. The molecule has 0 aliphatic rings. The van der Waals surface area contributed by atoms with Gasteiger partial charge in [-0.2, -0.15) is 0 Å². The standard InChI is InChI=1S/C21H25ClN2O3/c1-21(2,20(26)24(3)4)27-18-11-5-15(6-12-18)13-14-23-19(25)16-7-9-17(22)10-8-16/h5-12H,13-14H2,1-4H3,(H,23,25). The SMILES string of the molecule is CN(C)C(=O)C(C)(C)Oc1ccc(CCNC(=O)c2ccc(Cl)cc2)cc1. The fourth-order valence-electron chi connectivity index (χ4n) is 2.62. The number of ether oxygens (including phenoxy) is 1. The highest BCUT2D eigenvalue weighted by Crippen LogP contribution is 2.20. The van der Waals surface area contributed by atoms with Crippen LogP contribution in [0.3, 0.4) is 0 Å². The van der Waals surface area contributed by atoms with Gasteiger partial charge in [-0.15, -0.1) is 0 Å². The molecule has 0 aromatic heterocycles. The molecule has 0 saturated heterocycles. The van der Waals surface area contributed by atoms with Crippen LogP contribution in [0.4, 0.5) is 0 Å². The average Bonchev–Trinajstić information content (AvgIpc) is 2.62. The second-order valence-corrected chi connectivity index (χ2v) is 7.41. The highest BCUT2D eigenvalue weighted by atomic mass is 35.5. The van der Waals surface area contributed by atoms with Crippen LogP contribution < -0.4 is 10.1 Å². The number of carbonyl (C=O) groups excluding carboxylic acids is 2. The van der Waals surface area contributed by atoms with E-state index in [0.29, 0.717) is 29.3 Å². The van der Waals surface area contributed by atoms with E-state index in [1.807, 2.05) is 24.3 Å². The molecule has 0 unspecified atom stereocenters. The van der Waals surface area contributed by atoms with Crippen LogP contribution in [0.2, 0.25) is 5.02 Å². The molecule has 1 N–H and O–H groups in total. The summed E-state index contributed by atoms with van der Waals surface area (Å²) in [5.41, 5.74) is 0.712. The zero-order chi connectivity index (χ0) is 20.0. The van der Waals surface area contributed by atoms with Crippen molar-refractivity contribution in [3.63, 3.8) is 0 Å². The third kappa shape index (κ3) is 6.00. The molecule has 0 saturated carbocycles. The number of nitrogens with one attached hydrogen (secondary N) is 1. The lowest BCUT2D eigenvalue weighted by atomic mass is 10.1. The number of benzene rings is 2. The van der Waals surface area contributed by atoms with Crippen LogP contribution in [0.5, 0.6) is 5.75 Å². The van der Waals surface area contributed by atoms with Crippen molar-refractivity contribution in [1.82, 2.24) is 10.2 Å². The van der Waals surface area contributed by atoms with Gasteiger partial charge in [0.05, 0.1) is 0 Å². The maximum absolute atomic E-state index is 12.1. The predicted molar refractivity (Wildman–Crippen MR) is 107 cm³/mol. The zero-order valence-electron chi connectivity index (χ0n) is 16.1. The molecule has 0 radical (unpaired) electrons. The van der Waals surface area contributed by atoms with Crippen LogP contribution >= 0.6 is 11.6 Å². The smallest absolute Gasteiger partial charge is 0.265 e. The molecule has 6 heteroatoms. The zero-order valence-corrected chi connectivity index (χ0v) is 16.8. The van der Waals surface area contributed by atoms with E-state index in [-0.39, 0.29) is 11.8 Å². The van der Waals surface area contributed by atoms with Crippen molar-refractivity contribution < 1.29 is 14.3 Å². The van der Waals surface area contributed by atoms with Crippen LogP contribution in [0.25, 0.3) is 0 Å². The second-order valence-electron chi connectivity index (χ2n) is 6.97. The number of carbonyl (C=O) groups is 2. The van der Waals surface area contributed by atoms with E-state index in [0.717, 1.165) is 5.56 Å². The Morgan fingerprint density at radius 2 is 1.63 bits per heavy atom. The monoisotopic (exact) mass is 388 g/mol. The van der Waals surface area contributed by atoms with Crippen molar-refractivity contribution >= 4 is 23.4 Å². The lowest BCUT2D eigenvalue weighted by molar-refractivity contribution is -0.142. The molecule has 0 bridgehead atoms. The number of nitrogens with zero attached hydrogens (tertiary/aromatic N) is 1. The summed E-state index contributed by atoms with van der Waals surface area (Å²) in [6, 6.07) is 14.3. The fourth-order valence-corrected chi connectivity index (χ4v) is 2.75. The minimum absolute atomic E-state index is 0.100. The Morgan fingerprint density at radius 3 is 2.19 bits per heavy atom. The number of halogens is 1. The van der Waals surface area contributed by atoms with E-state index in [1.54, 1.807) is 52.2 Å². The third-order valence-corrected chi connectivity index (χ3v) is 4.28. The van der Waals surface area contributed by atoms with Gasteiger partial charge in [-0.05, 0) is 62.2 Å². The molecule has 0 atom stereocenters. The normalized spacial score (nSPS) is 11.0. The second kappa shape index (κ2) is 8.91. The largest absolute Gasteiger partial charge is 0.478 e. The first-order chi connectivity index (χ1) is 12.7. The van der Waals surface area contributed by atoms with E-state index in [1.165, 1.54) is 4.90 Å². The quantitative estimate of drug-likeness (QED) is 0.789. The van der Waals surface area contributed by atoms with Gasteiger partial charge in [0.2, 0.25) is 0 Å². The van der Waals surface area contributed by atoms with Crippen LogP contribution in [-0.2, 0) is 11.2 Å². The summed E-state index contributed by atoms with van der Waals surface area (Å²) in [6.45, 7) is 4.01. The van der Waals surface area contributed by atoms with Crippen LogP contribution in [0.1, 0.15) is 29.8 Å². The lowest BCUT2D eigenvalue weighted by Crippen LogP contribution is -2.45. The average molecular weight is 389 g/mol. The molecular weight excluding hydrogens is 364 g/mol. The summed E-state index contributed by atoms with van der Waals surface area (Å²) >= 11 is 5.82. The maximum atomic E-state index is 12.1. The van der Waals surface area contributed by atoms with Gasteiger partial charge in [-0.3, -0.25) is 9.59 Å². The van der Waals surface area contributed by atoms with Crippen molar-refractivity contribution in [1.29, 1.82) is 0 Å².